The molecule has 2 aromatic carbocycles. The van der Waals surface area contributed by atoms with Crippen molar-refractivity contribution < 1.29 is 19.2 Å². The summed E-state index contributed by atoms with van der Waals surface area (Å²) in [6.45, 7) is 3.49. The van der Waals surface area contributed by atoms with Crippen LogP contribution in [0.1, 0.15) is 11.1 Å². The van der Waals surface area contributed by atoms with Crippen molar-refractivity contribution in [1.82, 2.24) is 0 Å². The molecular weight excluding hydrogens is 348 g/mol. The van der Waals surface area contributed by atoms with Crippen molar-refractivity contribution in [2.75, 3.05) is 19.0 Å². The molecule has 0 saturated heterocycles. The molecule has 0 bridgehead atoms. The number of halogens is 1. The third-order valence-electron chi connectivity index (χ3n) is 3.39. The number of nitrogens with zero attached hydrogens (tertiary/aromatic N) is 1. The smallest absolute Gasteiger partial charge is 0.273 e. The Hall–Kier alpha value is -2.80. The Morgan fingerprint density at radius 1 is 1.28 bits per heavy atom. The molecule has 25 heavy (non-hydrogen) atoms. The monoisotopic (exact) mass is 364 g/mol. The number of benzene rings is 2. The molecule has 2 rings (SSSR count). The van der Waals surface area contributed by atoms with Crippen molar-refractivity contribution in [3.63, 3.8) is 0 Å². The molecule has 0 atom stereocenters. The van der Waals surface area contributed by atoms with E-state index in [9.17, 15) is 14.9 Å². The highest BCUT2D eigenvalue weighted by atomic mass is 35.5. The van der Waals surface area contributed by atoms with Gasteiger partial charge in [-0.1, -0.05) is 17.7 Å². The van der Waals surface area contributed by atoms with Crippen molar-refractivity contribution in [2.45, 2.75) is 13.8 Å². The number of hydrogen-bond acceptors (Lipinski definition) is 5. The quantitative estimate of drug-likeness (QED) is 0.620. The number of methoxy groups -OCH3 is 1. The first-order valence-electron chi connectivity index (χ1n) is 7.33. The second kappa shape index (κ2) is 7.85. The molecule has 0 heterocycles. The lowest BCUT2D eigenvalue weighted by atomic mass is 10.1. The van der Waals surface area contributed by atoms with Gasteiger partial charge < -0.3 is 14.8 Å². The maximum Gasteiger partial charge on any atom is 0.273 e. The van der Waals surface area contributed by atoms with E-state index in [1.807, 2.05) is 19.9 Å². The maximum absolute atomic E-state index is 12.1. The van der Waals surface area contributed by atoms with Crippen LogP contribution in [0.3, 0.4) is 0 Å². The Labute approximate surface area is 149 Å². The topological polar surface area (TPSA) is 90.7 Å². The van der Waals surface area contributed by atoms with Crippen molar-refractivity contribution >= 4 is 28.9 Å². The van der Waals surface area contributed by atoms with Gasteiger partial charge in [0.1, 0.15) is 11.5 Å². The normalized spacial score (nSPS) is 10.2. The van der Waals surface area contributed by atoms with Gasteiger partial charge in [0.15, 0.2) is 6.61 Å². The van der Waals surface area contributed by atoms with Gasteiger partial charge >= 0.3 is 0 Å². The summed E-state index contributed by atoms with van der Waals surface area (Å²) in [4.78, 5) is 22.3. The van der Waals surface area contributed by atoms with Gasteiger partial charge in [-0.25, -0.2) is 0 Å². The van der Waals surface area contributed by atoms with E-state index < -0.39 is 10.8 Å². The van der Waals surface area contributed by atoms with Gasteiger partial charge in [0, 0.05) is 6.07 Å². The number of nitrogens with one attached hydrogen (secondary N) is 1. The molecule has 8 heteroatoms. The highest BCUT2D eigenvalue weighted by Gasteiger charge is 2.14. The van der Waals surface area contributed by atoms with Gasteiger partial charge in [0.25, 0.3) is 11.6 Å². The molecule has 132 valence electrons. The first-order valence-corrected chi connectivity index (χ1v) is 7.71. The average molecular weight is 365 g/mol. The fraction of sp³-hybridized carbons (Fsp3) is 0.235. The number of nitro benzene ring substituents is 1. The number of ether oxygens (including phenoxy) is 2. The molecule has 0 spiro atoms. The predicted molar refractivity (Wildman–Crippen MR) is 94.7 cm³/mol. The second-order valence-corrected chi connectivity index (χ2v) is 5.78. The molecule has 1 N–H and O–H groups in total. The first kappa shape index (κ1) is 18.5. The van der Waals surface area contributed by atoms with E-state index in [1.54, 1.807) is 6.07 Å². The molecule has 1 amide bonds. The number of nitro groups is 1. The third-order valence-corrected chi connectivity index (χ3v) is 3.67. The Morgan fingerprint density at radius 2 is 2.00 bits per heavy atom. The van der Waals surface area contributed by atoms with Crippen LogP contribution in [-0.2, 0) is 4.79 Å². The predicted octanol–water partition coefficient (Wildman–Crippen LogP) is 3.89. The lowest BCUT2D eigenvalue weighted by Gasteiger charge is -2.13. The largest absolute Gasteiger partial charge is 0.494 e. The summed E-state index contributed by atoms with van der Waals surface area (Å²) in [5, 5.41) is 13.8. The van der Waals surface area contributed by atoms with E-state index >= 15 is 0 Å². The van der Waals surface area contributed by atoms with Gasteiger partial charge in [0.2, 0.25) is 0 Å². The van der Waals surface area contributed by atoms with Crippen LogP contribution in [0.15, 0.2) is 30.3 Å². The Bertz CT molecular complexity index is 800. The third kappa shape index (κ3) is 4.60. The van der Waals surface area contributed by atoms with E-state index in [4.69, 9.17) is 21.1 Å². The van der Waals surface area contributed by atoms with Crippen LogP contribution >= 0.6 is 11.6 Å². The fourth-order valence-electron chi connectivity index (χ4n) is 2.31. The highest BCUT2D eigenvalue weighted by molar-refractivity contribution is 6.32. The van der Waals surface area contributed by atoms with Crippen molar-refractivity contribution in [2.24, 2.45) is 0 Å². The summed E-state index contributed by atoms with van der Waals surface area (Å²) >= 11 is 6.13. The zero-order valence-corrected chi connectivity index (χ0v) is 14.7. The van der Waals surface area contributed by atoms with Crippen LogP contribution in [0.5, 0.6) is 11.5 Å². The van der Waals surface area contributed by atoms with Crippen molar-refractivity contribution in [3.05, 3.63) is 56.6 Å². The van der Waals surface area contributed by atoms with Crippen LogP contribution in [-0.4, -0.2) is 24.5 Å². The number of rotatable bonds is 6. The minimum Gasteiger partial charge on any atom is -0.494 e. The zero-order chi connectivity index (χ0) is 18.6. The number of carbonyl (C=O) groups is 1. The summed E-state index contributed by atoms with van der Waals surface area (Å²) < 4.78 is 10.6. The van der Waals surface area contributed by atoms with Crippen LogP contribution < -0.4 is 14.8 Å². The number of non-ortho nitro benzene ring substituents is 1. The Morgan fingerprint density at radius 3 is 2.60 bits per heavy atom. The minimum absolute atomic E-state index is 0.131. The van der Waals surface area contributed by atoms with Gasteiger partial charge in [-0.05, 0) is 37.1 Å². The highest BCUT2D eigenvalue weighted by Crippen LogP contribution is 2.31. The standard InChI is InChI=1S/C17H17ClN2O5/c1-10-6-11(2)17(13(18)7-10)25-9-16(21)19-14-5-4-12(20(22)23)8-15(14)24-3/h4-8H,9H2,1-3H3,(H,19,21). The molecule has 0 aromatic heterocycles. The molecule has 2 aromatic rings. The molecule has 0 fully saturated rings. The molecule has 0 saturated carbocycles. The van der Waals surface area contributed by atoms with Gasteiger partial charge in [-0.3, -0.25) is 14.9 Å². The Kier molecular flexibility index (Phi) is 5.82. The molecule has 0 aliphatic rings. The van der Waals surface area contributed by atoms with Crippen LogP contribution in [0.25, 0.3) is 0 Å². The number of carbonyl (C=O) groups excluding carboxylic acids is 1. The van der Waals surface area contributed by atoms with E-state index in [2.05, 4.69) is 5.32 Å². The van der Waals surface area contributed by atoms with Gasteiger partial charge in [-0.2, -0.15) is 0 Å². The van der Waals surface area contributed by atoms with E-state index in [1.165, 1.54) is 25.3 Å². The fourth-order valence-corrected chi connectivity index (χ4v) is 2.68. The zero-order valence-electron chi connectivity index (χ0n) is 14.0. The molecular formula is C17H17ClN2O5. The van der Waals surface area contributed by atoms with Crippen LogP contribution in [0.4, 0.5) is 11.4 Å². The maximum atomic E-state index is 12.1. The van der Waals surface area contributed by atoms with E-state index in [0.717, 1.165) is 11.1 Å². The molecule has 7 nitrogen and oxygen atoms in total. The average Bonchev–Trinajstić information content (AvgIpc) is 2.53. The number of anilines is 1. The second-order valence-electron chi connectivity index (χ2n) is 5.37. The van der Waals surface area contributed by atoms with Gasteiger partial charge in [0.05, 0.1) is 28.8 Å². The summed E-state index contributed by atoms with van der Waals surface area (Å²) in [6, 6.07) is 7.57. The van der Waals surface area contributed by atoms with E-state index in [0.29, 0.717) is 16.5 Å². The van der Waals surface area contributed by atoms with Crippen molar-refractivity contribution in [1.29, 1.82) is 0 Å². The molecule has 0 radical (unpaired) electrons. The summed E-state index contributed by atoms with van der Waals surface area (Å²) in [6.07, 6.45) is 0. The summed E-state index contributed by atoms with van der Waals surface area (Å²) in [7, 11) is 1.36. The minimum atomic E-state index is -0.542. The van der Waals surface area contributed by atoms with Crippen LogP contribution in [0.2, 0.25) is 5.02 Å². The lowest BCUT2D eigenvalue weighted by Crippen LogP contribution is -2.21. The SMILES string of the molecule is COc1cc([N+](=O)[O-])ccc1NC(=O)COc1c(C)cc(C)cc1Cl. The van der Waals surface area contributed by atoms with Crippen LogP contribution in [0, 0.1) is 24.0 Å². The first-order chi connectivity index (χ1) is 11.8. The van der Waals surface area contributed by atoms with Gasteiger partial charge in [-0.15, -0.1) is 0 Å². The number of aryl methyl sites for hydroxylation is 2. The van der Waals surface area contributed by atoms with Crippen molar-refractivity contribution in [3.8, 4) is 11.5 Å². The number of amides is 1. The number of hydrogen-bond donors (Lipinski definition) is 1. The molecule has 0 aliphatic heterocycles. The Balaban J connectivity index is 2.07. The summed E-state index contributed by atoms with van der Waals surface area (Å²) in [5.41, 5.74) is 2.00. The summed E-state index contributed by atoms with van der Waals surface area (Å²) in [5.74, 6) is 0.188. The van der Waals surface area contributed by atoms with E-state index in [-0.39, 0.29) is 18.0 Å². The lowest BCUT2D eigenvalue weighted by molar-refractivity contribution is -0.384. The molecule has 0 aliphatic carbocycles. The molecule has 0 unspecified atom stereocenters.